The molecule has 2 atom stereocenters. The Balaban J connectivity index is 2.09. The van der Waals surface area contributed by atoms with E-state index < -0.39 is 12.0 Å². The van der Waals surface area contributed by atoms with E-state index in [4.69, 9.17) is 4.74 Å². The molecular weight excluding hydrogens is 314 g/mol. The van der Waals surface area contributed by atoms with Gasteiger partial charge >= 0.3 is 5.97 Å². The summed E-state index contributed by atoms with van der Waals surface area (Å²) in [4.78, 5) is 14.0. The fourth-order valence-corrected chi connectivity index (χ4v) is 3.76. The number of hydrogen-bond donors (Lipinski definition) is 1. The predicted octanol–water partition coefficient (Wildman–Crippen LogP) is 4.03. The number of ether oxygens (including phenoxy) is 1. The molecule has 1 aliphatic rings. The summed E-state index contributed by atoms with van der Waals surface area (Å²) in [7, 11) is 1.65. The van der Waals surface area contributed by atoms with E-state index in [1.807, 2.05) is 24.3 Å². The number of methoxy groups -OCH3 is 1. The van der Waals surface area contributed by atoms with Crippen molar-refractivity contribution in [2.75, 3.05) is 13.7 Å². The first-order chi connectivity index (χ1) is 12.1. The average Bonchev–Trinajstić information content (AvgIpc) is 2.62. The maximum atomic E-state index is 11.9. The molecule has 4 heteroatoms. The number of hydrogen-bond acceptors (Lipinski definition) is 3. The third-order valence-electron chi connectivity index (χ3n) is 4.93. The summed E-state index contributed by atoms with van der Waals surface area (Å²) in [5, 5.41) is 9.74. The van der Waals surface area contributed by atoms with Crippen LogP contribution in [0.1, 0.15) is 42.0 Å². The lowest BCUT2D eigenvalue weighted by molar-refractivity contribution is -0.145. The highest BCUT2D eigenvalue weighted by atomic mass is 16.5. The van der Waals surface area contributed by atoms with Crippen LogP contribution < -0.4 is 4.74 Å². The van der Waals surface area contributed by atoms with Crippen LogP contribution in [0.25, 0.3) is 0 Å². The highest BCUT2D eigenvalue weighted by molar-refractivity contribution is 5.73. The zero-order valence-corrected chi connectivity index (χ0v) is 14.8. The molecule has 3 rings (SSSR count). The smallest absolute Gasteiger partial charge is 0.320 e. The van der Waals surface area contributed by atoms with Gasteiger partial charge in [0.1, 0.15) is 11.8 Å². The van der Waals surface area contributed by atoms with Gasteiger partial charge in [0.05, 0.1) is 13.2 Å². The number of piperidine rings is 1. The molecule has 0 spiro atoms. The number of carbonyl (C=O) groups is 1. The van der Waals surface area contributed by atoms with Gasteiger partial charge in [-0.1, -0.05) is 48.4 Å². The van der Waals surface area contributed by atoms with Gasteiger partial charge < -0.3 is 9.84 Å². The van der Waals surface area contributed by atoms with Crippen molar-refractivity contribution in [1.82, 2.24) is 4.90 Å². The zero-order valence-electron chi connectivity index (χ0n) is 14.8. The Kier molecular flexibility index (Phi) is 5.39. The predicted molar refractivity (Wildman–Crippen MR) is 98.0 cm³/mol. The molecule has 2 unspecified atom stereocenters. The first-order valence-electron chi connectivity index (χ1n) is 8.79. The van der Waals surface area contributed by atoms with E-state index in [1.54, 1.807) is 7.11 Å². The van der Waals surface area contributed by atoms with E-state index in [2.05, 4.69) is 36.1 Å². The molecule has 1 aliphatic heterocycles. The van der Waals surface area contributed by atoms with Gasteiger partial charge in [-0.05, 0) is 49.6 Å². The third-order valence-corrected chi connectivity index (χ3v) is 4.93. The minimum Gasteiger partial charge on any atom is -0.497 e. The van der Waals surface area contributed by atoms with Crippen LogP contribution in [0.15, 0.2) is 48.5 Å². The topological polar surface area (TPSA) is 49.8 Å². The maximum absolute atomic E-state index is 11.9. The first-order valence-corrected chi connectivity index (χ1v) is 8.79. The molecular formula is C21H25NO3. The van der Waals surface area contributed by atoms with Crippen molar-refractivity contribution >= 4 is 5.97 Å². The fourth-order valence-electron chi connectivity index (χ4n) is 3.76. The quantitative estimate of drug-likeness (QED) is 0.893. The van der Waals surface area contributed by atoms with Crippen LogP contribution in [0.4, 0.5) is 0 Å². The van der Waals surface area contributed by atoms with Gasteiger partial charge in [0.15, 0.2) is 0 Å². The van der Waals surface area contributed by atoms with Crippen molar-refractivity contribution in [3.8, 4) is 5.75 Å². The van der Waals surface area contributed by atoms with Crippen LogP contribution in [0.5, 0.6) is 5.75 Å². The molecule has 2 aromatic rings. The van der Waals surface area contributed by atoms with Gasteiger partial charge in [-0.25, -0.2) is 0 Å². The number of nitrogens with zero attached hydrogens (tertiary/aromatic N) is 1. The van der Waals surface area contributed by atoms with Crippen molar-refractivity contribution in [3.63, 3.8) is 0 Å². The van der Waals surface area contributed by atoms with E-state index in [0.717, 1.165) is 36.3 Å². The Morgan fingerprint density at radius 1 is 1.16 bits per heavy atom. The second kappa shape index (κ2) is 7.70. The normalized spacial score (nSPS) is 19.4. The van der Waals surface area contributed by atoms with Crippen molar-refractivity contribution < 1.29 is 14.6 Å². The second-order valence-corrected chi connectivity index (χ2v) is 6.68. The van der Waals surface area contributed by atoms with Crippen LogP contribution in [0.3, 0.4) is 0 Å². The largest absolute Gasteiger partial charge is 0.497 e. The number of aliphatic carboxylic acids is 1. The number of benzene rings is 2. The molecule has 1 N–H and O–H groups in total. The summed E-state index contributed by atoms with van der Waals surface area (Å²) < 4.78 is 5.39. The second-order valence-electron chi connectivity index (χ2n) is 6.68. The van der Waals surface area contributed by atoms with E-state index in [1.165, 1.54) is 5.56 Å². The Morgan fingerprint density at radius 2 is 1.88 bits per heavy atom. The highest BCUT2D eigenvalue weighted by Crippen LogP contribution is 2.35. The summed E-state index contributed by atoms with van der Waals surface area (Å²) in [5.74, 6) is 0.0549. The average molecular weight is 339 g/mol. The van der Waals surface area contributed by atoms with Crippen LogP contribution >= 0.6 is 0 Å². The maximum Gasteiger partial charge on any atom is 0.320 e. The molecule has 25 heavy (non-hydrogen) atoms. The number of rotatable bonds is 5. The third kappa shape index (κ3) is 3.85. The van der Waals surface area contributed by atoms with Crippen LogP contribution in [0, 0.1) is 6.92 Å². The summed E-state index contributed by atoms with van der Waals surface area (Å²) in [5.41, 5.74) is 3.37. The lowest BCUT2D eigenvalue weighted by Crippen LogP contribution is -2.46. The number of aryl methyl sites for hydroxylation is 1. The molecule has 132 valence electrons. The van der Waals surface area contributed by atoms with Crippen molar-refractivity contribution in [2.24, 2.45) is 0 Å². The van der Waals surface area contributed by atoms with E-state index in [0.29, 0.717) is 6.42 Å². The molecule has 1 saturated heterocycles. The van der Waals surface area contributed by atoms with Crippen molar-refractivity contribution in [2.45, 2.75) is 38.3 Å². The number of carboxylic acids is 1. The Hall–Kier alpha value is -2.33. The fraction of sp³-hybridized carbons (Fsp3) is 0.381. The lowest BCUT2D eigenvalue weighted by Gasteiger charge is -2.39. The highest BCUT2D eigenvalue weighted by Gasteiger charge is 2.35. The number of likely N-dealkylation sites (tertiary alicyclic amines) is 1. The van der Waals surface area contributed by atoms with E-state index in [9.17, 15) is 9.90 Å². The Morgan fingerprint density at radius 3 is 2.56 bits per heavy atom. The molecule has 1 fully saturated rings. The minimum atomic E-state index is -0.736. The molecule has 0 bridgehead atoms. The first kappa shape index (κ1) is 17.5. The Labute approximate surface area is 149 Å². The minimum absolute atomic E-state index is 0.0867. The Bertz CT molecular complexity index is 743. The molecule has 0 aliphatic carbocycles. The van der Waals surface area contributed by atoms with Gasteiger partial charge in [0.25, 0.3) is 0 Å². The van der Waals surface area contributed by atoms with Crippen molar-refractivity contribution in [3.05, 3.63) is 65.2 Å². The van der Waals surface area contributed by atoms with Crippen LogP contribution in [0.2, 0.25) is 0 Å². The van der Waals surface area contributed by atoms with E-state index in [-0.39, 0.29) is 6.04 Å². The molecule has 0 radical (unpaired) electrons. The van der Waals surface area contributed by atoms with Gasteiger partial charge in [-0.3, -0.25) is 9.69 Å². The standard InChI is InChI=1S/C21H25NO3/c1-15-7-5-8-16(13-15)20(17-9-6-10-18(14-17)25-2)22-12-4-3-11-19(22)21(23)24/h5-10,13-14,19-20H,3-4,11-12H2,1-2H3,(H,23,24). The van der Waals surface area contributed by atoms with Crippen molar-refractivity contribution in [1.29, 1.82) is 0 Å². The molecule has 4 nitrogen and oxygen atoms in total. The molecule has 0 aromatic heterocycles. The molecule has 0 saturated carbocycles. The molecule has 1 heterocycles. The lowest BCUT2D eigenvalue weighted by atomic mass is 9.91. The summed E-state index contributed by atoms with van der Waals surface area (Å²) in [6.07, 6.45) is 2.68. The summed E-state index contributed by atoms with van der Waals surface area (Å²) in [6.45, 7) is 2.85. The monoisotopic (exact) mass is 339 g/mol. The van der Waals surface area contributed by atoms with Crippen LogP contribution in [-0.4, -0.2) is 35.7 Å². The van der Waals surface area contributed by atoms with Gasteiger partial charge in [-0.2, -0.15) is 0 Å². The molecule has 0 amide bonds. The SMILES string of the molecule is COc1cccc(C(c2cccc(C)c2)N2CCCCC2C(=O)O)c1. The summed E-state index contributed by atoms with van der Waals surface area (Å²) >= 11 is 0. The van der Waals surface area contributed by atoms with Gasteiger partial charge in [-0.15, -0.1) is 0 Å². The van der Waals surface area contributed by atoms with Gasteiger partial charge in [0, 0.05) is 0 Å². The van der Waals surface area contributed by atoms with Crippen LogP contribution in [-0.2, 0) is 4.79 Å². The van der Waals surface area contributed by atoms with E-state index >= 15 is 0 Å². The molecule has 2 aromatic carbocycles. The summed E-state index contributed by atoms with van der Waals surface area (Å²) in [6, 6.07) is 15.8. The van der Waals surface area contributed by atoms with Gasteiger partial charge in [0.2, 0.25) is 0 Å². The number of carboxylic acid groups (broad SMARTS) is 1. The zero-order chi connectivity index (χ0) is 17.8.